The van der Waals surface area contributed by atoms with Crippen LogP contribution in [0.15, 0.2) is 18.6 Å². The van der Waals surface area contributed by atoms with Gasteiger partial charge in [0.1, 0.15) is 0 Å². The largest absolute Gasteiger partial charge is 0.324 e. The standard InChI is InChI=1S/C10H14N4/c1-3-9-6-14-5-8(7(2)11)4-12-10(14)13-9/h4-7H,3,11H2,1-2H3. The van der Waals surface area contributed by atoms with Crippen molar-refractivity contribution in [3.05, 3.63) is 29.8 Å². The van der Waals surface area contributed by atoms with Crippen molar-refractivity contribution in [1.29, 1.82) is 0 Å². The highest BCUT2D eigenvalue weighted by Gasteiger charge is 2.04. The molecule has 0 spiro atoms. The first-order chi connectivity index (χ1) is 6.70. The van der Waals surface area contributed by atoms with Crippen LogP contribution in [0, 0.1) is 0 Å². The number of nitrogens with zero attached hydrogens (tertiary/aromatic N) is 3. The zero-order valence-corrected chi connectivity index (χ0v) is 8.44. The van der Waals surface area contributed by atoms with Crippen LogP contribution in [-0.2, 0) is 6.42 Å². The van der Waals surface area contributed by atoms with Crippen molar-refractivity contribution in [2.75, 3.05) is 0 Å². The van der Waals surface area contributed by atoms with E-state index >= 15 is 0 Å². The maximum absolute atomic E-state index is 5.77. The van der Waals surface area contributed by atoms with E-state index in [2.05, 4.69) is 16.9 Å². The molecule has 14 heavy (non-hydrogen) atoms. The molecule has 0 amide bonds. The van der Waals surface area contributed by atoms with E-state index in [1.54, 1.807) is 6.20 Å². The number of imidazole rings is 1. The second kappa shape index (κ2) is 3.38. The summed E-state index contributed by atoms with van der Waals surface area (Å²) in [6.45, 7) is 4.02. The third-order valence-corrected chi connectivity index (χ3v) is 2.27. The first-order valence-electron chi connectivity index (χ1n) is 4.80. The lowest BCUT2D eigenvalue weighted by atomic mass is 10.2. The average molecular weight is 190 g/mol. The van der Waals surface area contributed by atoms with Crippen molar-refractivity contribution in [1.82, 2.24) is 14.4 Å². The SMILES string of the molecule is CCc1cn2cc(C(C)N)cnc2n1. The highest BCUT2D eigenvalue weighted by Crippen LogP contribution is 2.10. The minimum absolute atomic E-state index is 0.0133. The van der Waals surface area contributed by atoms with Crippen molar-refractivity contribution >= 4 is 5.78 Å². The lowest BCUT2D eigenvalue weighted by Crippen LogP contribution is -2.06. The number of aromatic nitrogens is 3. The van der Waals surface area contributed by atoms with Gasteiger partial charge in [0.25, 0.3) is 0 Å². The van der Waals surface area contributed by atoms with Gasteiger partial charge in [-0.25, -0.2) is 9.97 Å². The van der Waals surface area contributed by atoms with Gasteiger partial charge in [-0.1, -0.05) is 6.92 Å². The maximum Gasteiger partial charge on any atom is 0.233 e. The van der Waals surface area contributed by atoms with E-state index in [1.165, 1.54) is 0 Å². The Labute approximate surface area is 82.8 Å². The van der Waals surface area contributed by atoms with Crippen molar-refractivity contribution in [2.45, 2.75) is 26.3 Å². The smallest absolute Gasteiger partial charge is 0.233 e. The molecular weight excluding hydrogens is 176 g/mol. The molecule has 4 heteroatoms. The molecule has 0 aromatic carbocycles. The summed E-state index contributed by atoms with van der Waals surface area (Å²) in [6, 6.07) is 0.0133. The van der Waals surface area contributed by atoms with E-state index in [1.807, 2.05) is 23.7 Å². The molecule has 0 bridgehead atoms. The topological polar surface area (TPSA) is 56.2 Å². The summed E-state index contributed by atoms with van der Waals surface area (Å²) in [7, 11) is 0. The van der Waals surface area contributed by atoms with Gasteiger partial charge in [-0.3, -0.25) is 4.40 Å². The summed E-state index contributed by atoms with van der Waals surface area (Å²) in [5.41, 5.74) is 7.85. The van der Waals surface area contributed by atoms with Crippen LogP contribution in [-0.4, -0.2) is 14.4 Å². The quantitative estimate of drug-likeness (QED) is 0.776. The second-order valence-corrected chi connectivity index (χ2v) is 3.47. The summed E-state index contributed by atoms with van der Waals surface area (Å²) in [5.74, 6) is 0.742. The Bertz CT molecular complexity index is 444. The molecule has 2 aromatic rings. The van der Waals surface area contributed by atoms with E-state index < -0.39 is 0 Å². The molecule has 2 aromatic heterocycles. The maximum atomic E-state index is 5.77. The van der Waals surface area contributed by atoms with Crippen LogP contribution >= 0.6 is 0 Å². The van der Waals surface area contributed by atoms with E-state index in [9.17, 15) is 0 Å². The molecule has 0 aliphatic carbocycles. The summed E-state index contributed by atoms with van der Waals surface area (Å²) >= 11 is 0. The second-order valence-electron chi connectivity index (χ2n) is 3.47. The highest BCUT2D eigenvalue weighted by atomic mass is 15.1. The minimum Gasteiger partial charge on any atom is -0.324 e. The van der Waals surface area contributed by atoms with Gasteiger partial charge in [0, 0.05) is 30.2 Å². The van der Waals surface area contributed by atoms with Crippen molar-refractivity contribution in [2.24, 2.45) is 5.73 Å². The predicted octanol–water partition coefficient (Wildman–Crippen LogP) is 1.31. The van der Waals surface area contributed by atoms with E-state index in [-0.39, 0.29) is 6.04 Å². The molecule has 2 N–H and O–H groups in total. The van der Waals surface area contributed by atoms with Crippen molar-refractivity contribution < 1.29 is 0 Å². The molecule has 0 radical (unpaired) electrons. The van der Waals surface area contributed by atoms with Crippen LogP contribution in [0.25, 0.3) is 5.78 Å². The van der Waals surface area contributed by atoms with Gasteiger partial charge >= 0.3 is 0 Å². The van der Waals surface area contributed by atoms with Crippen LogP contribution in [0.4, 0.5) is 0 Å². The molecule has 0 saturated carbocycles. The number of hydrogen-bond acceptors (Lipinski definition) is 3. The normalized spacial score (nSPS) is 13.4. The summed E-state index contributed by atoms with van der Waals surface area (Å²) in [4.78, 5) is 8.59. The highest BCUT2D eigenvalue weighted by molar-refractivity contribution is 5.32. The molecule has 1 unspecified atom stereocenters. The van der Waals surface area contributed by atoms with Gasteiger partial charge in [0.05, 0.1) is 5.69 Å². The van der Waals surface area contributed by atoms with E-state index in [0.717, 1.165) is 23.5 Å². The van der Waals surface area contributed by atoms with E-state index in [0.29, 0.717) is 0 Å². The van der Waals surface area contributed by atoms with Gasteiger partial charge in [-0.2, -0.15) is 0 Å². The minimum atomic E-state index is 0.0133. The monoisotopic (exact) mass is 190 g/mol. The Hall–Kier alpha value is -1.42. The molecule has 4 nitrogen and oxygen atoms in total. The van der Waals surface area contributed by atoms with Gasteiger partial charge in [0.2, 0.25) is 5.78 Å². The van der Waals surface area contributed by atoms with Crippen molar-refractivity contribution in [3.63, 3.8) is 0 Å². The lowest BCUT2D eigenvalue weighted by Gasteiger charge is -2.03. The van der Waals surface area contributed by atoms with Crippen LogP contribution in [0.1, 0.15) is 31.1 Å². The number of hydrogen-bond donors (Lipinski definition) is 1. The molecule has 0 saturated heterocycles. The molecule has 0 aliphatic heterocycles. The summed E-state index contributed by atoms with van der Waals surface area (Å²) in [5, 5.41) is 0. The molecule has 2 rings (SSSR count). The predicted molar refractivity (Wildman–Crippen MR) is 55.0 cm³/mol. The molecule has 2 heterocycles. The van der Waals surface area contributed by atoms with E-state index in [4.69, 9.17) is 5.73 Å². The van der Waals surface area contributed by atoms with Crippen LogP contribution < -0.4 is 5.73 Å². The third kappa shape index (κ3) is 1.48. The fourth-order valence-corrected chi connectivity index (χ4v) is 1.36. The Morgan fingerprint density at radius 2 is 2.29 bits per heavy atom. The number of nitrogens with two attached hydrogens (primary N) is 1. The fraction of sp³-hybridized carbons (Fsp3) is 0.400. The summed E-state index contributed by atoms with van der Waals surface area (Å²) in [6.07, 6.45) is 6.69. The van der Waals surface area contributed by atoms with Crippen LogP contribution in [0.3, 0.4) is 0 Å². The Kier molecular flexibility index (Phi) is 2.21. The van der Waals surface area contributed by atoms with Gasteiger partial charge in [-0.15, -0.1) is 0 Å². The van der Waals surface area contributed by atoms with Crippen LogP contribution in [0.5, 0.6) is 0 Å². The Morgan fingerprint density at radius 1 is 1.50 bits per heavy atom. The Morgan fingerprint density at radius 3 is 2.93 bits per heavy atom. The fourth-order valence-electron chi connectivity index (χ4n) is 1.36. The van der Waals surface area contributed by atoms with Gasteiger partial charge in [-0.05, 0) is 13.3 Å². The molecule has 74 valence electrons. The lowest BCUT2D eigenvalue weighted by molar-refractivity contribution is 0.799. The molecular formula is C10H14N4. The molecule has 0 aliphatic rings. The third-order valence-electron chi connectivity index (χ3n) is 2.27. The molecule has 1 atom stereocenters. The van der Waals surface area contributed by atoms with Gasteiger partial charge in [0.15, 0.2) is 0 Å². The molecule has 0 fully saturated rings. The summed E-state index contributed by atoms with van der Waals surface area (Å²) < 4.78 is 1.93. The zero-order chi connectivity index (χ0) is 10.1. The first-order valence-corrected chi connectivity index (χ1v) is 4.80. The Balaban J connectivity index is 2.54. The average Bonchev–Trinajstić information content (AvgIpc) is 2.58. The first kappa shape index (κ1) is 9.15. The number of fused-ring (bicyclic) bond motifs is 1. The number of aryl methyl sites for hydroxylation is 1. The zero-order valence-electron chi connectivity index (χ0n) is 8.44. The number of rotatable bonds is 2. The van der Waals surface area contributed by atoms with Crippen molar-refractivity contribution in [3.8, 4) is 0 Å². The van der Waals surface area contributed by atoms with Gasteiger partial charge < -0.3 is 5.73 Å². The van der Waals surface area contributed by atoms with Crippen LogP contribution in [0.2, 0.25) is 0 Å².